The molecule has 0 heterocycles. The molecule has 0 spiro atoms. The lowest BCUT2D eigenvalue weighted by Gasteiger charge is -2.13. The Morgan fingerprint density at radius 3 is 2.20 bits per heavy atom. The summed E-state index contributed by atoms with van der Waals surface area (Å²) in [6.07, 6.45) is 0. The van der Waals surface area contributed by atoms with Gasteiger partial charge in [-0.25, -0.2) is 0 Å². The van der Waals surface area contributed by atoms with Crippen molar-refractivity contribution in [1.82, 2.24) is 0 Å². The molecular formula is C16H17Cl2NO. The van der Waals surface area contributed by atoms with Gasteiger partial charge in [-0.1, -0.05) is 41.4 Å². The minimum Gasteiger partial charge on any atom is -0.491 e. The lowest BCUT2D eigenvalue weighted by atomic mass is 10.1. The van der Waals surface area contributed by atoms with Crippen molar-refractivity contribution >= 4 is 28.9 Å². The van der Waals surface area contributed by atoms with E-state index in [9.17, 15) is 0 Å². The standard InChI is InChI=1S/C16H17Cl2NO/c1-11-4-3-5-12(2)16(11)20-7-6-19-15-9-13(17)8-14(18)10-15/h3-5,8-10,19H,6-7H2,1-2H3. The second-order valence-corrected chi connectivity index (χ2v) is 5.53. The van der Waals surface area contributed by atoms with E-state index < -0.39 is 0 Å². The van der Waals surface area contributed by atoms with Crippen LogP contribution in [-0.4, -0.2) is 13.2 Å². The summed E-state index contributed by atoms with van der Waals surface area (Å²) in [5, 5.41) is 4.48. The first-order chi connectivity index (χ1) is 9.56. The molecule has 0 aliphatic heterocycles. The van der Waals surface area contributed by atoms with Crippen LogP contribution in [-0.2, 0) is 0 Å². The Kier molecular flexibility index (Phi) is 5.16. The van der Waals surface area contributed by atoms with Crippen LogP contribution in [0, 0.1) is 13.8 Å². The van der Waals surface area contributed by atoms with Crippen LogP contribution in [0.1, 0.15) is 11.1 Å². The number of aryl methyl sites for hydroxylation is 2. The van der Waals surface area contributed by atoms with Gasteiger partial charge >= 0.3 is 0 Å². The summed E-state index contributed by atoms with van der Waals surface area (Å²) in [6.45, 7) is 5.36. The van der Waals surface area contributed by atoms with Crippen LogP contribution in [0.5, 0.6) is 5.75 Å². The van der Waals surface area contributed by atoms with Crippen molar-refractivity contribution in [3.05, 3.63) is 57.6 Å². The molecule has 20 heavy (non-hydrogen) atoms. The Bertz CT molecular complexity index is 559. The molecule has 0 atom stereocenters. The second kappa shape index (κ2) is 6.87. The first kappa shape index (κ1) is 15.0. The maximum atomic E-state index is 5.94. The van der Waals surface area contributed by atoms with Gasteiger partial charge in [0.15, 0.2) is 0 Å². The molecule has 0 radical (unpaired) electrons. The fraction of sp³-hybridized carbons (Fsp3) is 0.250. The van der Waals surface area contributed by atoms with E-state index in [0.717, 1.165) is 22.6 Å². The summed E-state index contributed by atoms with van der Waals surface area (Å²) in [5.74, 6) is 0.957. The minimum atomic E-state index is 0.579. The molecule has 0 aliphatic carbocycles. The van der Waals surface area contributed by atoms with Gasteiger partial charge in [0, 0.05) is 22.3 Å². The van der Waals surface area contributed by atoms with Crippen molar-refractivity contribution in [2.45, 2.75) is 13.8 Å². The van der Waals surface area contributed by atoms with Crippen molar-refractivity contribution in [2.24, 2.45) is 0 Å². The molecule has 4 heteroatoms. The molecule has 0 saturated heterocycles. The molecule has 0 unspecified atom stereocenters. The monoisotopic (exact) mass is 309 g/mol. The number of halogens is 2. The van der Waals surface area contributed by atoms with E-state index >= 15 is 0 Å². The van der Waals surface area contributed by atoms with Crippen LogP contribution in [0.3, 0.4) is 0 Å². The molecule has 1 N–H and O–H groups in total. The molecule has 0 aromatic heterocycles. The normalized spacial score (nSPS) is 10.4. The van der Waals surface area contributed by atoms with Crippen molar-refractivity contribution in [1.29, 1.82) is 0 Å². The van der Waals surface area contributed by atoms with Crippen molar-refractivity contribution < 1.29 is 4.74 Å². The van der Waals surface area contributed by atoms with Gasteiger partial charge in [-0.15, -0.1) is 0 Å². The number of hydrogen-bond acceptors (Lipinski definition) is 2. The van der Waals surface area contributed by atoms with E-state index in [-0.39, 0.29) is 0 Å². The molecule has 0 bridgehead atoms. The second-order valence-electron chi connectivity index (χ2n) is 4.65. The third kappa shape index (κ3) is 4.06. The highest BCUT2D eigenvalue weighted by Crippen LogP contribution is 2.23. The summed E-state index contributed by atoms with van der Waals surface area (Å²) < 4.78 is 5.82. The van der Waals surface area contributed by atoms with Gasteiger partial charge in [-0.3, -0.25) is 0 Å². The molecule has 2 nitrogen and oxygen atoms in total. The van der Waals surface area contributed by atoms with Gasteiger partial charge in [-0.05, 0) is 43.2 Å². The molecule has 2 aromatic rings. The summed E-state index contributed by atoms with van der Waals surface area (Å²) >= 11 is 11.9. The molecule has 2 rings (SSSR count). The van der Waals surface area contributed by atoms with Crippen LogP contribution in [0.15, 0.2) is 36.4 Å². The van der Waals surface area contributed by atoms with Gasteiger partial charge in [0.1, 0.15) is 12.4 Å². The summed E-state index contributed by atoms with van der Waals surface area (Å²) in [7, 11) is 0. The Balaban J connectivity index is 1.88. The molecule has 0 amide bonds. The Labute approximate surface area is 129 Å². The molecule has 0 aliphatic rings. The lowest BCUT2D eigenvalue weighted by Crippen LogP contribution is -2.12. The summed E-state index contributed by atoms with van der Waals surface area (Å²) in [4.78, 5) is 0. The first-order valence-corrected chi connectivity index (χ1v) is 7.21. The smallest absolute Gasteiger partial charge is 0.125 e. The number of para-hydroxylation sites is 1. The molecule has 0 saturated carbocycles. The van der Waals surface area contributed by atoms with E-state index in [0.29, 0.717) is 23.2 Å². The first-order valence-electron chi connectivity index (χ1n) is 6.45. The predicted molar refractivity (Wildman–Crippen MR) is 86.4 cm³/mol. The minimum absolute atomic E-state index is 0.579. The number of benzene rings is 2. The quantitative estimate of drug-likeness (QED) is 0.776. The van der Waals surface area contributed by atoms with E-state index in [2.05, 4.69) is 5.32 Å². The highest BCUT2D eigenvalue weighted by molar-refractivity contribution is 6.35. The average molecular weight is 310 g/mol. The van der Waals surface area contributed by atoms with Gasteiger partial charge in [0.25, 0.3) is 0 Å². The third-order valence-electron chi connectivity index (χ3n) is 2.95. The number of anilines is 1. The van der Waals surface area contributed by atoms with Gasteiger partial charge in [0.05, 0.1) is 0 Å². The zero-order valence-electron chi connectivity index (χ0n) is 11.5. The van der Waals surface area contributed by atoms with E-state index in [1.54, 1.807) is 6.07 Å². The van der Waals surface area contributed by atoms with E-state index in [1.165, 1.54) is 0 Å². The van der Waals surface area contributed by atoms with Gasteiger partial charge in [-0.2, -0.15) is 0 Å². The van der Waals surface area contributed by atoms with Crippen molar-refractivity contribution in [3.8, 4) is 5.75 Å². The zero-order chi connectivity index (χ0) is 14.5. The SMILES string of the molecule is Cc1cccc(C)c1OCCNc1cc(Cl)cc(Cl)c1. The molecule has 106 valence electrons. The molecule has 2 aromatic carbocycles. The highest BCUT2D eigenvalue weighted by Gasteiger charge is 2.03. The number of nitrogens with one attached hydrogen (secondary N) is 1. The number of rotatable bonds is 5. The third-order valence-corrected chi connectivity index (χ3v) is 3.39. The Morgan fingerprint density at radius 1 is 1.00 bits per heavy atom. The van der Waals surface area contributed by atoms with Crippen LogP contribution in [0.2, 0.25) is 10.0 Å². The van der Waals surface area contributed by atoms with Gasteiger partial charge in [0.2, 0.25) is 0 Å². The lowest BCUT2D eigenvalue weighted by molar-refractivity contribution is 0.328. The van der Waals surface area contributed by atoms with Crippen LogP contribution in [0.25, 0.3) is 0 Å². The van der Waals surface area contributed by atoms with E-state index in [4.69, 9.17) is 27.9 Å². The predicted octanol–water partition coefficient (Wildman–Crippen LogP) is 5.10. The zero-order valence-corrected chi connectivity index (χ0v) is 13.1. The fourth-order valence-corrected chi connectivity index (χ4v) is 2.56. The summed E-state index contributed by atoms with van der Waals surface area (Å²) in [6, 6.07) is 11.5. The van der Waals surface area contributed by atoms with E-state index in [1.807, 2.05) is 44.2 Å². The maximum absolute atomic E-state index is 5.94. The summed E-state index contributed by atoms with van der Waals surface area (Å²) in [5.41, 5.74) is 3.19. The number of ether oxygens (including phenoxy) is 1. The average Bonchev–Trinajstić information content (AvgIpc) is 2.36. The van der Waals surface area contributed by atoms with Crippen LogP contribution >= 0.6 is 23.2 Å². The van der Waals surface area contributed by atoms with Crippen LogP contribution < -0.4 is 10.1 Å². The van der Waals surface area contributed by atoms with Crippen molar-refractivity contribution in [2.75, 3.05) is 18.5 Å². The molecular weight excluding hydrogens is 293 g/mol. The van der Waals surface area contributed by atoms with Gasteiger partial charge < -0.3 is 10.1 Å². The fourth-order valence-electron chi connectivity index (χ4n) is 2.03. The topological polar surface area (TPSA) is 21.3 Å². The maximum Gasteiger partial charge on any atom is 0.125 e. The largest absolute Gasteiger partial charge is 0.491 e. The Hall–Kier alpha value is -1.38. The van der Waals surface area contributed by atoms with Crippen LogP contribution in [0.4, 0.5) is 5.69 Å². The van der Waals surface area contributed by atoms with Crippen molar-refractivity contribution in [3.63, 3.8) is 0 Å². The Morgan fingerprint density at radius 2 is 1.60 bits per heavy atom. The molecule has 0 fully saturated rings. The highest BCUT2D eigenvalue weighted by atomic mass is 35.5. The number of hydrogen-bond donors (Lipinski definition) is 1.